The lowest BCUT2D eigenvalue weighted by Crippen LogP contribution is -2.29. The molecule has 0 aliphatic heterocycles. The fourth-order valence-corrected chi connectivity index (χ4v) is 6.58. The highest BCUT2D eigenvalue weighted by Gasteiger charge is 2.27. The molecule has 3 atom stereocenters. The fraction of sp³-hybridized carbons (Fsp3) is 0.857. The minimum Gasteiger partial charge on any atom is -0.462 e. The van der Waals surface area contributed by atoms with Gasteiger partial charge < -0.3 is 24.6 Å². The summed E-state index contributed by atoms with van der Waals surface area (Å²) in [6, 6.07) is 0. The number of hydrogen-bond donors (Lipinski definition) is 3. The summed E-state index contributed by atoms with van der Waals surface area (Å²) in [5.74, 6) is -0.934. The molecule has 0 fully saturated rings. The maximum atomic E-state index is 12.6. The summed E-state index contributed by atoms with van der Waals surface area (Å²) >= 11 is 0. The predicted octanol–water partition coefficient (Wildman–Crippen LogP) is 11.0. The smallest absolute Gasteiger partial charge is 0.462 e. The van der Waals surface area contributed by atoms with Gasteiger partial charge in [-0.25, -0.2) is 4.57 Å². The van der Waals surface area contributed by atoms with Gasteiger partial charge in [0.15, 0.2) is 6.10 Å². The van der Waals surface area contributed by atoms with Crippen LogP contribution >= 0.6 is 7.82 Å². The third-order valence-electron chi connectivity index (χ3n) is 9.11. The van der Waals surface area contributed by atoms with Crippen LogP contribution in [0, 0.1) is 0 Å². The lowest BCUT2D eigenvalue weighted by atomic mass is 10.0. The summed E-state index contributed by atoms with van der Waals surface area (Å²) in [7, 11) is -4.62. The second kappa shape index (κ2) is 38.7. The number of aliphatic hydroxyl groups is 2. The van der Waals surface area contributed by atoms with E-state index >= 15 is 0 Å². The molecule has 0 bridgehead atoms. The molecule has 2 unspecified atom stereocenters. The Kier molecular flexibility index (Phi) is 37.6. The number of ether oxygens (including phenoxy) is 2. The van der Waals surface area contributed by atoms with Gasteiger partial charge in [0.05, 0.1) is 19.8 Å². The Labute approximate surface area is 323 Å². The van der Waals surface area contributed by atoms with Crippen LogP contribution in [0.3, 0.4) is 0 Å². The van der Waals surface area contributed by atoms with Crippen LogP contribution in [-0.2, 0) is 32.7 Å². The highest BCUT2D eigenvalue weighted by molar-refractivity contribution is 7.47. The van der Waals surface area contributed by atoms with Gasteiger partial charge in [0.1, 0.15) is 12.7 Å². The van der Waals surface area contributed by atoms with E-state index in [2.05, 4.69) is 42.7 Å². The van der Waals surface area contributed by atoms with E-state index in [1.54, 1.807) is 0 Å². The molecule has 0 amide bonds. The number of esters is 2. The van der Waals surface area contributed by atoms with Crippen molar-refractivity contribution >= 4 is 19.8 Å². The molecule has 53 heavy (non-hydrogen) atoms. The van der Waals surface area contributed by atoms with Crippen LogP contribution in [0.4, 0.5) is 0 Å². The monoisotopic (exact) mass is 775 g/mol. The molecule has 0 aliphatic rings. The van der Waals surface area contributed by atoms with Crippen LogP contribution in [0.15, 0.2) is 24.3 Å². The van der Waals surface area contributed by atoms with E-state index in [0.29, 0.717) is 12.8 Å². The Morgan fingerprint density at radius 3 is 1.49 bits per heavy atom. The third-order valence-corrected chi connectivity index (χ3v) is 10.1. The van der Waals surface area contributed by atoms with E-state index in [1.807, 2.05) is 0 Å². The van der Waals surface area contributed by atoms with Crippen LogP contribution in [0.2, 0.25) is 0 Å². The molecule has 312 valence electrons. The van der Waals surface area contributed by atoms with Crippen molar-refractivity contribution in [3.05, 3.63) is 24.3 Å². The van der Waals surface area contributed by atoms with Gasteiger partial charge in [-0.2, -0.15) is 0 Å². The van der Waals surface area contributed by atoms with Crippen molar-refractivity contribution in [3.63, 3.8) is 0 Å². The van der Waals surface area contributed by atoms with Crippen LogP contribution < -0.4 is 0 Å². The van der Waals surface area contributed by atoms with E-state index in [9.17, 15) is 24.2 Å². The number of allylic oxidation sites excluding steroid dienone is 4. The van der Waals surface area contributed by atoms with Gasteiger partial charge in [-0.1, -0.05) is 160 Å². The number of rotatable bonds is 40. The quantitative estimate of drug-likeness (QED) is 0.0238. The Hall–Kier alpha value is -1.55. The van der Waals surface area contributed by atoms with Gasteiger partial charge in [0.2, 0.25) is 0 Å². The van der Waals surface area contributed by atoms with Crippen LogP contribution in [-0.4, -0.2) is 65.7 Å². The Morgan fingerprint density at radius 1 is 0.566 bits per heavy atom. The predicted molar refractivity (Wildman–Crippen MR) is 215 cm³/mol. The average molecular weight is 775 g/mol. The van der Waals surface area contributed by atoms with E-state index in [0.717, 1.165) is 64.2 Å². The average Bonchev–Trinajstić information content (AvgIpc) is 3.14. The number of phosphoric acid groups is 1. The van der Waals surface area contributed by atoms with E-state index in [-0.39, 0.29) is 19.4 Å². The zero-order chi connectivity index (χ0) is 39.1. The summed E-state index contributed by atoms with van der Waals surface area (Å²) in [5, 5.41) is 18.3. The fourth-order valence-electron chi connectivity index (χ4n) is 5.79. The van der Waals surface area contributed by atoms with Crippen molar-refractivity contribution in [2.75, 3.05) is 26.4 Å². The third kappa shape index (κ3) is 38.5. The van der Waals surface area contributed by atoms with E-state index in [4.69, 9.17) is 19.1 Å². The lowest BCUT2D eigenvalue weighted by molar-refractivity contribution is -0.161. The van der Waals surface area contributed by atoms with Crippen molar-refractivity contribution < 1.29 is 47.8 Å². The first-order chi connectivity index (χ1) is 25.7. The number of phosphoric ester groups is 1. The molecule has 3 N–H and O–H groups in total. The standard InChI is InChI=1S/C42H79O10P/c1-3-5-7-9-11-13-15-17-19-21-23-25-27-29-31-33-41(45)49-37-40(38-51-53(47,48)50-36-39(44)35-43)52-42(46)34-32-30-28-26-24-22-20-18-16-14-12-10-8-6-4-2/h12,14,18,20,39-40,43-44H,3-11,13,15-17,19,21-38H2,1-2H3,(H,47,48)/b14-12-,20-18-/t39?,40-/m1/s1. The van der Waals surface area contributed by atoms with Crippen LogP contribution in [0.25, 0.3) is 0 Å². The van der Waals surface area contributed by atoms with Gasteiger partial charge >= 0.3 is 19.8 Å². The molecule has 0 saturated heterocycles. The molecule has 0 radical (unpaired) electrons. The maximum Gasteiger partial charge on any atom is 0.472 e. The molecule has 0 rings (SSSR count). The van der Waals surface area contributed by atoms with Gasteiger partial charge in [0, 0.05) is 12.8 Å². The molecule has 10 nitrogen and oxygen atoms in total. The number of hydrogen-bond acceptors (Lipinski definition) is 9. The molecular formula is C42H79O10P. The van der Waals surface area contributed by atoms with Crippen molar-refractivity contribution in [1.82, 2.24) is 0 Å². The maximum absolute atomic E-state index is 12.6. The second-order valence-corrected chi connectivity index (χ2v) is 15.8. The first kappa shape index (κ1) is 51.5. The van der Waals surface area contributed by atoms with Crippen molar-refractivity contribution in [1.29, 1.82) is 0 Å². The van der Waals surface area contributed by atoms with Gasteiger partial charge in [-0.3, -0.25) is 18.6 Å². The summed E-state index contributed by atoms with van der Waals surface area (Å²) < 4.78 is 32.7. The molecule has 0 aromatic rings. The highest BCUT2D eigenvalue weighted by Crippen LogP contribution is 2.43. The second-order valence-electron chi connectivity index (χ2n) is 14.4. The van der Waals surface area contributed by atoms with Gasteiger partial charge in [-0.15, -0.1) is 0 Å². The lowest BCUT2D eigenvalue weighted by Gasteiger charge is -2.20. The molecule has 0 spiro atoms. The highest BCUT2D eigenvalue weighted by atomic mass is 31.2. The number of aliphatic hydroxyl groups excluding tert-OH is 2. The summed E-state index contributed by atoms with van der Waals surface area (Å²) in [4.78, 5) is 34.9. The topological polar surface area (TPSA) is 149 Å². The van der Waals surface area contributed by atoms with Crippen LogP contribution in [0.1, 0.15) is 194 Å². The first-order valence-corrected chi connectivity index (χ1v) is 22.8. The molecule has 0 saturated carbocycles. The summed E-state index contributed by atoms with van der Waals surface area (Å²) in [6.45, 7) is 2.35. The Balaban J connectivity index is 4.31. The number of carbonyl (C=O) groups excluding carboxylic acids is 2. The molecule has 0 aromatic carbocycles. The molecule has 0 aliphatic carbocycles. The summed E-state index contributed by atoms with van der Waals surface area (Å²) in [5.41, 5.74) is 0. The first-order valence-electron chi connectivity index (χ1n) is 21.3. The number of carbonyl (C=O) groups is 2. The number of unbranched alkanes of at least 4 members (excludes halogenated alkanes) is 22. The van der Waals surface area contributed by atoms with Gasteiger partial charge in [-0.05, 0) is 44.9 Å². The molecular weight excluding hydrogens is 695 g/mol. The zero-order valence-electron chi connectivity index (χ0n) is 33.7. The van der Waals surface area contributed by atoms with Crippen molar-refractivity contribution in [2.24, 2.45) is 0 Å². The van der Waals surface area contributed by atoms with E-state index in [1.165, 1.54) is 89.9 Å². The largest absolute Gasteiger partial charge is 0.472 e. The Morgan fingerprint density at radius 2 is 0.981 bits per heavy atom. The SMILES string of the molecule is CCCCC/C=C\C/C=C\CCCCCCCC(=O)O[C@H](COC(=O)CCCCCCCCCCCCCCCCC)COP(=O)(O)OCC(O)CO. The van der Waals surface area contributed by atoms with E-state index < -0.39 is 51.8 Å². The zero-order valence-corrected chi connectivity index (χ0v) is 34.6. The Bertz CT molecular complexity index is 941. The normalized spacial score (nSPS) is 14.1. The minimum atomic E-state index is -4.62. The molecule has 0 aromatic heterocycles. The summed E-state index contributed by atoms with van der Waals surface area (Å²) in [6.07, 6.45) is 37.1. The molecule has 0 heterocycles. The van der Waals surface area contributed by atoms with Crippen LogP contribution in [0.5, 0.6) is 0 Å². The minimum absolute atomic E-state index is 0.171. The van der Waals surface area contributed by atoms with Crippen molar-refractivity contribution in [3.8, 4) is 0 Å². The molecule has 11 heteroatoms. The van der Waals surface area contributed by atoms with Crippen molar-refractivity contribution in [2.45, 2.75) is 206 Å². The van der Waals surface area contributed by atoms with Gasteiger partial charge in [0.25, 0.3) is 0 Å².